The van der Waals surface area contributed by atoms with Crippen LogP contribution in [-0.2, 0) is 9.59 Å². The van der Waals surface area contributed by atoms with Crippen LogP contribution in [0.5, 0.6) is 0 Å². The number of carbonyl (C=O) groups excluding carboxylic acids is 1. The fraction of sp³-hybridized carbons (Fsp3) is 0.867. The zero-order valence-corrected chi connectivity index (χ0v) is 13.2. The van der Waals surface area contributed by atoms with Crippen molar-refractivity contribution in [2.45, 2.75) is 40.5 Å². The zero-order valence-electron chi connectivity index (χ0n) is 13.2. The highest BCUT2D eigenvalue weighted by Gasteiger charge is 2.40. The first-order valence-electron chi connectivity index (χ1n) is 7.54. The van der Waals surface area contributed by atoms with Crippen LogP contribution in [-0.4, -0.2) is 59.5 Å². The predicted molar refractivity (Wildman–Crippen MR) is 78.5 cm³/mol. The van der Waals surface area contributed by atoms with Gasteiger partial charge in [-0.3, -0.25) is 14.5 Å². The van der Waals surface area contributed by atoms with E-state index in [0.717, 1.165) is 26.1 Å². The summed E-state index contributed by atoms with van der Waals surface area (Å²) in [6.45, 7) is 11.8. The number of carboxylic acids is 1. The Labute approximate surface area is 121 Å². The lowest BCUT2D eigenvalue weighted by Crippen LogP contribution is -2.50. The maximum absolute atomic E-state index is 12.3. The summed E-state index contributed by atoms with van der Waals surface area (Å²) in [6.07, 6.45) is 1.21. The van der Waals surface area contributed by atoms with E-state index in [1.54, 1.807) is 6.92 Å². The highest BCUT2D eigenvalue weighted by atomic mass is 16.4. The lowest BCUT2D eigenvalue weighted by atomic mass is 9.76. The quantitative estimate of drug-likeness (QED) is 0.806. The lowest BCUT2D eigenvalue weighted by molar-refractivity contribution is -0.156. The summed E-state index contributed by atoms with van der Waals surface area (Å²) in [5.74, 6) is -0.976. The number of rotatable bonds is 6. The lowest BCUT2D eigenvalue weighted by Gasteiger charge is -2.37. The average molecular weight is 284 g/mol. The molecule has 0 aromatic heterocycles. The van der Waals surface area contributed by atoms with E-state index in [4.69, 9.17) is 0 Å². The molecule has 0 aliphatic carbocycles. The number of amides is 1. The van der Waals surface area contributed by atoms with Gasteiger partial charge >= 0.3 is 5.97 Å². The molecule has 0 bridgehead atoms. The van der Waals surface area contributed by atoms with Gasteiger partial charge in [0.2, 0.25) is 5.91 Å². The molecule has 1 unspecified atom stereocenters. The minimum atomic E-state index is -0.975. The van der Waals surface area contributed by atoms with Gasteiger partial charge < -0.3 is 10.0 Å². The zero-order chi connectivity index (χ0) is 15.3. The molecule has 1 fully saturated rings. The summed E-state index contributed by atoms with van der Waals surface area (Å²) in [6, 6.07) is 0. The van der Waals surface area contributed by atoms with Crippen molar-refractivity contribution >= 4 is 11.9 Å². The van der Waals surface area contributed by atoms with Crippen molar-refractivity contribution in [1.82, 2.24) is 9.80 Å². The Morgan fingerprint density at radius 1 is 1.20 bits per heavy atom. The van der Waals surface area contributed by atoms with Crippen molar-refractivity contribution in [3.05, 3.63) is 0 Å². The van der Waals surface area contributed by atoms with Gasteiger partial charge in [-0.05, 0) is 25.8 Å². The number of nitrogens with zero attached hydrogens (tertiary/aromatic N) is 2. The summed E-state index contributed by atoms with van der Waals surface area (Å²) in [5.41, 5.74) is -0.975. The SMILES string of the molecule is CCCN1CCN(C(=O)CC(C)(C(=O)O)C(C)C)CC1. The monoisotopic (exact) mass is 284 g/mol. The largest absolute Gasteiger partial charge is 0.481 e. The van der Waals surface area contributed by atoms with Crippen molar-refractivity contribution in [3.8, 4) is 0 Å². The van der Waals surface area contributed by atoms with Crippen LogP contribution in [0.2, 0.25) is 0 Å². The molecule has 5 heteroatoms. The molecule has 1 aliphatic rings. The molecule has 1 atom stereocenters. The first-order valence-corrected chi connectivity index (χ1v) is 7.54. The molecule has 116 valence electrons. The molecular weight excluding hydrogens is 256 g/mol. The number of aliphatic carboxylic acids is 1. The molecule has 5 nitrogen and oxygen atoms in total. The molecule has 1 N–H and O–H groups in total. The predicted octanol–water partition coefficient (Wildman–Crippen LogP) is 1.68. The molecule has 1 aliphatic heterocycles. The van der Waals surface area contributed by atoms with Gasteiger partial charge in [0.05, 0.1) is 5.41 Å². The minimum Gasteiger partial charge on any atom is -0.481 e. The van der Waals surface area contributed by atoms with Crippen molar-refractivity contribution < 1.29 is 14.7 Å². The summed E-state index contributed by atoms with van der Waals surface area (Å²) in [4.78, 5) is 27.9. The molecule has 1 rings (SSSR count). The molecular formula is C15H28N2O3. The number of piperazine rings is 1. The number of carbonyl (C=O) groups is 2. The van der Waals surface area contributed by atoms with E-state index >= 15 is 0 Å². The number of hydrogen-bond donors (Lipinski definition) is 1. The third-order valence-corrected chi connectivity index (χ3v) is 4.55. The summed E-state index contributed by atoms with van der Waals surface area (Å²) < 4.78 is 0. The van der Waals surface area contributed by atoms with Crippen LogP contribution in [0.4, 0.5) is 0 Å². The Hall–Kier alpha value is -1.10. The Bertz CT molecular complexity index is 349. The van der Waals surface area contributed by atoms with Crippen LogP contribution in [0.3, 0.4) is 0 Å². The maximum Gasteiger partial charge on any atom is 0.310 e. The molecule has 1 heterocycles. The third-order valence-electron chi connectivity index (χ3n) is 4.55. The molecule has 1 saturated heterocycles. The summed E-state index contributed by atoms with van der Waals surface area (Å²) in [5, 5.41) is 9.38. The third kappa shape index (κ3) is 3.95. The Kier molecular flexibility index (Phi) is 5.99. The van der Waals surface area contributed by atoms with E-state index < -0.39 is 11.4 Å². The average Bonchev–Trinajstić information content (AvgIpc) is 2.39. The van der Waals surface area contributed by atoms with E-state index in [9.17, 15) is 14.7 Å². The van der Waals surface area contributed by atoms with Crippen molar-refractivity contribution in [1.29, 1.82) is 0 Å². The normalized spacial score (nSPS) is 19.9. The smallest absolute Gasteiger partial charge is 0.310 e. The van der Waals surface area contributed by atoms with E-state index in [-0.39, 0.29) is 18.2 Å². The van der Waals surface area contributed by atoms with E-state index in [0.29, 0.717) is 13.1 Å². The van der Waals surface area contributed by atoms with Crippen molar-refractivity contribution in [2.75, 3.05) is 32.7 Å². The molecule has 1 amide bonds. The minimum absolute atomic E-state index is 0.0280. The van der Waals surface area contributed by atoms with Crippen LogP contribution >= 0.6 is 0 Å². The molecule has 0 aromatic rings. The summed E-state index contributed by atoms with van der Waals surface area (Å²) >= 11 is 0. The fourth-order valence-electron chi connectivity index (χ4n) is 2.49. The van der Waals surface area contributed by atoms with Gasteiger partial charge in [-0.2, -0.15) is 0 Å². The van der Waals surface area contributed by atoms with Gasteiger partial charge in [0, 0.05) is 32.6 Å². The summed E-state index contributed by atoms with van der Waals surface area (Å²) in [7, 11) is 0. The molecule has 0 spiro atoms. The van der Waals surface area contributed by atoms with Crippen LogP contribution in [0.15, 0.2) is 0 Å². The Morgan fingerprint density at radius 3 is 2.15 bits per heavy atom. The van der Waals surface area contributed by atoms with Gasteiger partial charge in [-0.1, -0.05) is 20.8 Å². The Morgan fingerprint density at radius 2 is 1.75 bits per heavy atom. The first kappa shape index (κ1) is 17.0. The van der Waals surface area contributed by atoms with Crippen LogP contribution in [0, 0.1) is 11.3 Å². The van der Waals surface area contributed by atoms with Crippen LogP contribution < -0.4 is 0 Å². The fourth-order valence-corrected chi connectivity index (χ4v) is 2.49. The molecule has 0 saturated carbocycles. The molecule has 0 radical (unpaired) electrons. The van der Waals surface area contributed by atoms with E-state index in [2.05, 4.69) is 11.8 Å². The topological polar surface area (TPSA) is 60.9 Å². The van der Waals surface area contributed by atoms with Crippen LogP contribution in [0.25, 0.3) is 0 Å². The number of carboxylic acid groups (broad SMARTS) is 1. The van der Waals surface area contributed by atoms with Gasteiger partial charge in [0.1, 0.15) is 0 Å². The first-order chi connectivity index (χ1) is 9.31. The van der Waals surface area contributed by atoms with Gasteiger partial charge in [0.15, 0.2) is 0 Å². The van der Waals surface area contributed by atoms with E-state index in [1.165, 1.54) is 0 Å². The van der Waals surface area contributed by atoms with Crippen molar-refractivity contribution in [2.24, 2.45) is 11.3 Å². The highest BCUT2D eigenvalue weighted by Crippen LogP contribution is 2.32. The highest BCUT2D eigenvalue weighted by molar-refractivity contribution is 5.85. The second kappa shape index (κ2) is 7.07. The van der Waals surface area contributed by atoms with E-state index in [1.807, 2.05) is 18.7 Å². The van der Waals surface area contributed by atoms with Gasteiger partial charge in [-0.25, -0.2) is 0 Å². The second-order valence-electron chi connectivity index (χ2n) is 6.28. The van der Waals surface area contributed by atoms with Gasteiger partial charge in [0.25, 0.3) is 0 Å². The number of hydrogen-bond acceptors (Lipinski definition) is 3. The van der Waals surface area contributed by atoms with Crippen LogP contribution in [0.1, 0.15) is 40.5 Å². The second-order valence-corrected chi connectivity index (χ2v) is 6.28. The molecule has 20 heavy (non-hydrogen) atoms. The maximum atomic E-state index is 12.3. The molecule has 0 aromatic carbocycles. The standard InChI is InChI=1S/C15H28N2O3/c1-5-6-16-7-9-17(10-8-16)13(18)11-15(4,12(2)3)14(19)20/h12H,5-11H2,1-4H3,(H,19,20). The Balaban J connectivity index is 2.57. The van der Waals surface area contributed by atoms with Gasteiger partial charge in [-0.15, -0.1) is 0 Å². The van der Waals surface area contributed by atoms with Crippen molar-refractivity contribution in [3.63, 3.8) is 0 Å².